The van der Waals surface area contributed by atoms with Crippen LogP contribution in [0, 0.1) is 5.92 Å². The van der Waals surface area contributed by atoms with Crippen LogP contribution in [0.5, 0.6) is 0 Å². The monoisotopic (exact) mass is 299 g/mol. The lowest BCUT2D eigenvalue weighted by molar-refractivity contribution is -0.137. The van der Waals surface area contributed by atoms with E-state index in [1.54, 1.807) is 4.90 Å². The maximum Gasteiger partial charge on any atom is 0.416 e. The number of fused-ring (bicyclic) bond motifs is 1. The SMILES string of the molecule is O=C(Nc1cccc(C(F)(F)F)c1)N1C[C@@H]2CCN[C@@H]2C1. The quantitative estimate of drug-likeness (QED) is 0.837. The largest absolute Gasteiger partial charge is 0.416 e. The molecule has 4 nitrogen and oxygen atoms in total. The molecule has 0 aliphatic carbocycles. The first-order valence-corrected chi connectivity index (χ1v) is 6.90. The van der Waals surface area contributed by atoms with Crippen molar-refractivity contribution in [2.45, 2.75) is 18.6 Å². The second-order valence-corrected chi connectivity index (χ2v) is 5.52. The van der Waals surface area contributed by atoms with Crippen molar-refractivity contribution in [1.29, 1.82) is 0 Å². The van der Waals surface area contributed by atoms with Crippen molar-refractivity contribution in [3.8, 4) is 0 Å². The molecule has 0 bridgehead atoms. The Morgan fingerprint density at radius 1 is 1.33 bits per heavy atom. The van der Waals surface area contributed by atoms with Gasteiger partial charge in [-0.1, -0.05) is 6.07 Å². The molecule has 0 aromatic heterocycles. The van der Waals surface area contributed by atoms with Gasteiger partial charge in [0, 0.05) is 24.8 Å². The van der Waals surface area contributed by atoms with E-state index in [-0.39, 0.29) is 11.7 Å². The highest BCUT2D eigenvalue weighted by atomic mass is 19.4. The van der Waals surface area contributed by atoms with Gasteiger partial charge in [0.15, 0.2) is 0 Å². The van der Waals surface area contributed by atoms with Crippen molar-refractivity contribution >= 4 is 11.7 Å². The standard InChI is InChI=1S/C14H16F3N3O/c15-14(16,17)10-2-1-3-11(6-10)19-13(21)20-7-9-4-5-18-12(9)8-20/h1-3,6,9,12,18H,4-5,7-8H2,(H,19,21)/t9-,12+/m0/s1. The Morgan fingerprint density at radius 3 is 2.86 bits per heavy atom. The van der Waals surface area contributed by atoms with Gasteiger partial charge in [0.1, 0.15) is 0 Å². The van der Waals surface area contributed by atoms with Crippen molar-refractivity contribution < 1.29 is 18.0 Å². The van der Waals surface area contributed by atoms with Crippen molar-refractivity contribution in [3.63, 3.8) is 0 Å². The molecule has 3 rings (SSSR count). The van der Waals surface area contributed by atoms with Crippen LogP contribution in [0.1, 0.15) is 12.0 Å². The molecule has 0 radical (unpaired) electrons. The Kier molecular flexibility index (Phi) is 3.52. The number of carbonyl (C=O) groups is 1. The summed E-state index contributed by atoms with van der Waals surface area (Å²) in [4.78, 5) is 13.8. The number of alkyl halides is 3. The molecule has 2 aliphatic heterocycles. The summed E-state index contributed by atoms with van der Waals surface area (Å²) in [6.45, 7) is 2.23. The van der Waals surface area contributed by atoms with Crippen molar-refractivity contribution in [1.82, 2.24) is 10.2 Å². The van der Waals surface area contributed by atoms with Crippen LogP contribution in [0.4, 0.5) is 23.7 Å². The van der Waals surface area contributed by atoms with Crippen LogP contribution in [-0.4, -0.2) is 36.6 Å². The van der Waals surface area contributed by atoms with Crippen LogP contribution in [0.2, 0.25) is 0 Å². The molecular weight excluding hydrogens is 283 g/mol. The number of hydrogen-bond acceptors (Lipinski definition) is 2. The summed E-state index contributed by atoms with van der Waals surface area (Å²) < 4.78 is 37.9. The topological polar surface area (TPSA) is 44.4 Å². The minimum atomic E-state index is -4.41. The van der Waals surface area contributed by atoms with Crippen LogP contribution in [0.25, 0.3) is 0 Å². The lowest BCUT2D eigenvalue weighted by Gasteiger charge is -2.18. The molecule has 2 saturated heterocycles. The molecule has 7 heteroatoms. The van der Waals surface area contributed by atoms with Gasteiger partial charge >= 0.3 is 12.2 Å². The van der Waals surface area contributed by atoms with Gasteiger partial charge in [-0.2, -0.15) is 13.2 Å². The average molecular weight is 299 g/mol. The highest BCUT2D eigenvalue weighted by Gasteiger charge is 2.38. The Hall–Kier alpha value is -1.76. The summed E-state index contributed by atoms with van der Waals surface area (Å²) in [5, 5.41) is 5.87. The van der Waals surface area contributed by atoms with Crippen LogP contribution >= 0.6 is 0 Å². The van der Waals surface area contributed by atoms with Gasteiger partial charge in [-0.05, 0) is 37.1 Å². The molecule has 2 heterocycles. The number of benzene rings is 1. The van der Waals surface area contributed by atoms with Gasteiger partial charge in [0.05, 0.1) is 5.56 Å². The number of anilines is 1. The fourth-order valence-corrected chi connectivity index (χ4v) is 2.99. The van der Waals surface area contributed by atoms with E-state index in [1.165, 1.54) is 12.1 Å². The van der Waals surface area contributed by atoms with Crippen molar-refractivity contribution in [3.05, 3.63) is 29.8 Å². The fourth-order valence-electron chi connectivity index (χ4n) is 2.99. The molecule has 0 spiro atoms. The van der Waals surface area contributed by atoms with Crippen LogP contribution in [0.3, 0.4) is 0 Å². The predicted molar refractivity (Wildman–Crippen MR) is 71.9 cm³/mol. The van der Waals surface area contributed by atoms with Gasteiger partial charge in [-0.3, -0.25) is 0 Å². The van der Waals surface area contributed by atoms with E-state index in [0.717, 1.165) is 25.1 Å². The lowest BCUT2D eigenvalue weighted by Crippen LogP contribution is -2.36. The van der Waals surface area contributed by atoms with E-state index >= 15 is 0 Å². The van der Waals surface area contributed by atoms with Gasteiger partial charge in [0.25, 0.3) is 0 Å². The third-order valence-corrected chi connectivity index (χ3v) is 4.09. The minimum absolute atomic E-state index is 0.167. The first kappa shape index (κ1) is 14.2. The van der Waals surface area contributed by atoms with Gasteiger partial charge < -0.3 is 15.5 Å². The second kappa shape index (κ2) is 5.22. The number of halogens is 3. The summed E-state index contributed by atoms with van der Waals surface area (Å²) in [5.74, 6) is 0.456. The second-order valence-electron chi connectivity index (χ2n) is 5.52. The van der Waals surface area contributed by atoms with E-state index in [1.807, 2.05) is 0 Å². The smallest absolute Gasteiger partial charge is 0.323 e. The van der Waals surface area contributed by atoms with Crippen molar-refractivity contribution in [2.75, 3.05) is 25.0 Å². The predicted octanol–water partition coefficient (Wildman–Crippen LogP) is 2.53. The first-order chi connectivity index (χ1) is 9.93. The average Bonchev–Trinajstić information content (AvgIpc) is 2.98. The molecule has 2 aliphatic rings. The molecule has 21 heavy (non-hydrogen) atoms. The van der Waals surface area contributed by atoms with Crippen LogP contribution in [0.15, 0.2) is 24.3 Å². The first-order valence-electron chi connectivity index (χ1n) is 6.90. The maximum absolute atomic E-state index is 12.6. The molecule has 114 valence electrons. The maximum atomic E-state index is 12.6. The van der Waals surface area contributed by atoms with E-state index in [2.05, 4.69) is 10.6 Å². The van der Waals surface area contributed by atoms with E-state index in [4.69, 9.17) is 0 Å². The highest BCUT2D eigenvalue weighted by Crippen LogP contribution is 2.31. The van der Waals surface area contributed by atoms with Gasteiger partial charge in [-0.25, -0.2) is 4.79 Å². The Bertz CT molecular complexity index is 535. The Balaban J connectivity index is 1.65. The number of urea groups is 1. The number of nitrogens with zero attached hydrogens (tertiary/aromatic N) is 1. The summed E-state index contributed by atoms with van der Waals surface area (Å²) in [6.07, 6.45) is -3.37. The van der Waals surface area contributed by atoms with Gasteiger partial charge in [0.2, 0.25) is 0 Å². The molecule has 1 aromatic rings. The highest BCUT2D eigenvalue weighted by molar-refractivity contribution is 5.89. The van der Waals surface area contributed by atoms with Crippen LogP contribution < -0.4 is 10.6 Å². The van der Waals surface area contributed by atoms with Crippen LogP contribution in [-0.2, 0) is 6.18 Å². The molecule has 0 saturated carbocycles. The van der Waals surface area contributed by atoms with E-state index in [0.29, 0.717) is 25.0 Å². The number of nitrogens with one attached hydrogen (secondary N) is 2. The zero-order valence-corrected chi connectivity index (χ0v) is 11.3. The number of likely N-dealkylation sites (tertiary alicyclic amines) is 1. The zero-order chi connectivity index (χ0) is 15.0. The van der Waals surface area contributed by atoms with E-state index in [9.17, 15) is 18.0 Å². The van der Waals surface area contributed by atoms with Gasteiger partial charge in [-0.15, -0.1) is 0 Å². The molecular formula is C14H16F3N3O. The molecule has 2 atom stereocenters. The third-order valence-electron chi connectivity index (χ3n) is 4.09. The summed E-state index contributed by atoms with van der Waals surface area (Å²) in [7, 11) is 0. The number of amides is 2. The molecule has 0 unspecified atom stereocenters. The molecule has 1 aromatic carbocycles. The minimum Gasteiger partial charge on any atom is -0.323 e. The molecule has 2 N–H and O–H groups in total. The molecule has 2 amide bonds. The summed E-state index contributed by atoms with van der Waals surface area (Å²) >= 11 is 0. The summed E-state index contributed by atoms with van der Waals surface area (Å²) in [5.41, 5.74) is -0.597. The Morgan fingerprint density at radius 2 is 2.14 bits per heavy atom. The van der Waals surface area contributed by atoms with Crippen molar-refractivity contribution in [2.24, 2.45) is 5.92 Å². The molecule has 2 fully saturated rings. The third kappa shape index (κ3) is 2.97. The fraction of sp³-hybridized carbons (Fsp3) is 0.500. The Labute approximate surface area is 120 Å². The zero-order valence-electron chi connectivity index (χ0n) is 11.3. The number of rotatable bonds is 1. The van der Waals surface area contributed by atoms with E-state index < -0.39 is 11.7 Å². The number of hydrogen-bond donors (Lipinski definition) is 2. The lowest BCUT2D eigenvalue weighted by atomic mass is 10.1. The summed E-state index contributed by atoms with van der Waals surface area (Å²) in [6, 6.07) is 4.66. The number of carbonyl (C=O) groups excluding carboxylic acids is 1. The normalized spacial score (nSPS) is 25.0.